The van der Waals surface area contributed by atoms with Crippen LogP contribution >= 0.6 is 0 Å². The molecule has 9 atom stereocenters. The van der Waals surface area contributed by atoms with E-state index in [1.807, 2.05) is 20.8 Å². The van der Waals surface area contributed by atoms with Gasteiger partial charge in [-0.2, -0.15) is 0 Å². The van der Waals surface area contributed by atoms with Crippen molar-refractivity contribution < 1.29 is 19.4 Å². The maximum Gasteiger partial charge on any atom is 0.305 e. The first-order valence-corrected chi connectivity index (χ1v) is 14.8. The zero-order valence-corrected chi connectivity index (χ0v) is 24.5. The molecule has 9 unspecified atom stereocenters. The van der Waals surface area contributed by atoms with Crippen LogP contribution in [0, 0.1) is 39.9 Å². The van der Waals surface area contributed by atoms with E-state index in [4.69, 9.17) is 9.47 Å². The largest absolute Gasteiger partial charge is 0.466 e. The zero-order chi connectivity index (χ0) is 26.7. The van der Waals surface area contributed by atoms with Crippen LogP contribution in [0.2, 0.25) is 0 Å². The van der Waals surface area contributed by atoms with Gasteiger partial charge in [0.15, 0.2) is 0 Å². The number of esters is 1. The fourth-order valence-corrected chi connectivity index (χ4v) is 10.2. The molecule has 206 valence electrons. The topological polar surface area (TPSA) is 55.8 Å². The number of carbonyl (C=O) groups excluding carboxylic acids is 1. The molecule has 4 rings (SSSR count). The second kappa shape index (κ2) is 9.40. The molecule has 36 heavy (non-hydrogen) atoms. The minimum Gasteiger partial charge on any atom is -0.466 e. The molecule has 4 heteroatoms. The van der Waals surface area contributed by atoms with Crippen LogP contribution in [0.25, 0.3) is 0 Å². The Kier molecular flexibility index (Phi) is 7.35. The summed E-state index contributed by atoms with van der Waals surface area (Å²) in [5.41, 5.74) is 0.931. The number of hydrogen-bond donors (Lipinski definition) is 1. The smallest absolute Gasteiger partial charge is 0.305 e. The van der Waals surface area contributed by atoms with E-state index in [-0.39, 0.29) is 33.9 Å². The minimum atomic E-state index is -0.787. The highest BCUT2D eigenvalue weighted by Crippen LogP contribution is 2.74. The van der Waals surface area contributed by atoms with Crippen molar-refractivity contribution in [2.24, 2.45) is 39.9 Å². The Bertz CT molecular complexity index is 859. The summed E-state index contributed by atoms with van der Waals surface area (Å²) in [5.74, 6) is 2.19. The molecule has 0 aromatic carbocycles. The molecule has 4 nitrogen and oxygen atoms in total. The van der Waals surface area contributed by atoms with Gasteiger partial charge in [-0.05, 0) is 132 Å². The van der Waals surface area contributed by atoms with Crippen LogP contribution in [0.1, 0.15) is 120 Å². The normalized spacial score (nSPS) is 46.8. The van der Waals surface area contributed by atoms with Gasteiger partial charge in [-0.1, -0.05) is 32.9 Å². The van der Waals surface area contributed by atoms with Gasteiger partial charge in [-0.3, -0.25) is 4.79 Å². The quantitative estimate of drug-likeness (QED) is 0.290. The summed E-state index contributed by atoms with van der Waals surface area (Å²) < 4.78 is 12.1. The molecule has 0 amide bonds. The molecule has 0 aromatic heterocycles. The number of carbonyl (C=O) groups is 1. The molecular formula is C32H54O4. The molecule has 3 aliphatic carbocycles. The first-order valence-electron chi connectivity index (χ1n) is 14.8. The lowest BCUT2D eigenvalue weighted by molar-refractivity contribution is -0.188. The molecule has 0 radical (unpaired) electrons. The summed E-state index contributed by atoms with van der Waals surface area (Å²) in [5, 5.41) is 10.7. The van der Waals surface area contributed by atoms with E-state index in [1.165, 1.54) is 44.1 Å². The van der Waals surface area contributed by atoms with Crippen LogP contribution in [0.5, 0.6) is 0 Å². The predicted octanol–water partition coefficient (Wildman–Crippen LogP) is 7.48. The molecule has 0 bridgehead atoms. The van der Waals surface area contributed by atoms with Crippen molar-refractivity contribution >= 4 is 5.97 Å². The predicted molar refractivity (Wildman–Crippen MR) is 145 cm³/mol. The van der Waals surface area contributed by atoms with Crippen LogP contribution in [-0.4, -0.2) is 35.0 Å². The monoisotopic (exact) mass is 502 g/mol. The third-order valence-electron chi connectivity index (χ3n) is 12.3. The van der Waals surface area contributed by atoms with Gasteiger partial charge >= 0.3 is 5.97 Å². The van der Waals surface area contributed by atoms with Gasteiger partial charge in [0.2, 0.25) is 0 Å². The van der Waals surface area contributed by atoms with E-state index in [2.05, 4.69) is 41.2 Å². The van der Waals surface area contributed by atoms with E-state index in [0.29, 0.717) is 36.7 Å². The molecule has 1 heterocycles. The van der Waals surface area contributed by atoms with Gasteiger partial charge in [0.25, 0.3) is 0 Å². The molecule has 1 saturated heterocycles. The van der Waals surface area contributed by atoms with Crippen molar-refractivity contribution in [3.8, 4) is 0 Å². The Morgan fingerprint density at radius 1 is 1.00 bits per heavy atom. The number of aliphatic hydroxyl groups is 1. The van der Waals surface area contributed by atoms with E-state index >= 15 is 0 Å². The molecule has 4 fully saturated rings. The van der Waals surface area contributed by atoms with Gasteiger partial charge in [0.05, 0.1) is 23.9 Å². The lowest BCUT2D eigenvalue weighted by Gasteiger charge is -2.66. The Hall–Kier alpha value is -0.870. The van der Waals surface area contributed by atoms with Crippen LogP contribution in [-0.2, 0) is 14.3 Å². The number of allylic oxidation sites excluding steroid dienone is 1. The maximum absolute atomic E-state index is 12.4. The molecule has 1 N–H and O–H groups in total. The average molecular weight is 503 g/mol. The van der Waals surface area contributed by atoms with Crippen LogP contribution in [0.4, 0.5) is 0 Å². The van der Waals surface area contributed by atoms with Crippen LogP contribution in [0.3, 0.4) is 0 Å². The SMILES string of the molecule is C=C(C)C1CCC2(C)C(CCC3C(C4(C)CCC(C(C)(C)O)O4)CCC32C)C1(C)CCC(=O)OCC. The first-order chi connectivity index (χ1) is 16.6. The van der Waals surface area contributed by atoms with Gasteiger partial charge in [0.1, 0.15) is 0 Å². The Labute approximate surface area is 221 Å². The van der Waals surface area contributed by atoms with Crippen molar-refractivity contribution in [1.29, 1.82) is 0 Å². The first kappa shape index (κ1) is 28.1. The van der Waals surface area contributed by atoms with Crippen molar-refractivity contribution in [2.45, 2.75) is 137 Å². The number of fused-ring (bicyclic) bond motifs is 3. The molecule has 1 aliphatic heterocycles. The van der Waals surface area contributed by atoms with E-state index < -0.39 is 5.60 Å². The summed E-state index contributed by atoms with van der Waals surface area (Å²) in [6.07, 6.45) is 10.7. The van der Waals surface area contributed by atoms with Crippen LogP contribution < -0.4 is 0 Å². The molecule has 4 aliphatic rings. The third-order valence-corrected chi connectivity index (χ3v) is 12.3. The summed E-state index contributed by atoms with van der Waals surface area (Å²) in [6.45, 7) is 22.8. The van der Waals surface area contributed by atoms with Gasteiger partial charge < -0.3 is 14.6 Å². The lowest BCUT2D eigenvalue weighted by Crippen LogP contribution is -2.60. The highest BCUT2D eigenvalue weighted by Gasteiger charge is 2.68. The van der Waals surface area contributed by atoms with Crippen molar-refractivity contribution in [2.75, 3.05) is 6.61 Å². The summed E-state index contributed by atoms with van der Waals surface area (Å²) in [6, 6.07) is 0. The summed E-state index contributed by atoms with van der Waals surface area (Å²) in [4.78, 5) is 12.4. The summed E-state index contributed by atoms with van der Waals surface area (Å²) >= 11 is 0. The lowest BCUT2D eigenvalue weighted by atomic mass is 9.38. The highest BCUT2D eigenvalue weighted by atomic mass is 16.5. The van der Waals surface area contributed by atoms with E-state index in [0.717, 1.165) is 19.3 Å². The number of rotatable bonds is 7. The zero-order valence-electron chi connectivity index (χ0n) is 24.5. The number of hydrogen-bond acceptors (Lipinski definition) is 4. The highest BCUT2D eigenvalue weighted by molar-refractivity contribution is 5.69. The Morgan fingerprint density at radius 3 is 2.25 bits per heavy atom. The molecular weight excluding hydrogens is 448 g/mol. The fraction of sp³-hybridized carbons (Fsp3) is 0.906. The Balaban J connectivity index is 1.62. The van der Waals surface area contributed by atoms with E-state index in [9.17, 15) is 9.90 Å². The minimum absolute atomic E-state index is 0.0556. The third kappa shape index (κ3) is 4.31. The van der Waals surface area contributed by atoms with Crippen molar-refractivity contribution in [3.63, 3.8) is 0 Å². The van der Waals surface area contributed by atoms with Gasteiger partial charge in [-0.15, -0.1) is 0 Å². The van der Waals surface area contributed by atoms with Gasteiger partial charge in [-0.25, -0.2) is 0 Å². The Morgan fingerprint density at radius 2 is 1.67 bits per heavy atom. The molecule has 3 saturated carbocycles. The molecule has 0 aromatic rings. The van der Waals surface area contributed by atoms with Gasteiger partial charge in [0, 0.05) is 6.42 Å². The standard InChI is InChI=1S/C32H54O4/c1-10-35-27(33)16-17-29(6)22(21(2)3)13-19-31(8)25(29)12-11-23-24(14-18-30(23,31)7)32(9)20-15-26(36-32)28(4,5)34/h22-26,34H,2,10-20H2,1,3-9H3. The van der Waals surface area contributed by atoms with Crippen LogP contribution in [0.15, 0.2) is 12.2 Å². The average Bonchev–Trinajstić information content (AvgIpc) is 3.35. The second-order valence-corrected chi connectivity index (χ2v) is 14.6. The fourth-order valence-electron chi connectivity index (χ4n) is 10.2. The van der Waals surface area contributed by atoms with Crippen molar-refractivity contribution in [3.05, 3.63) is 12.2 Å². The van der Waals surface area contributed by atoms with Crippen molar-refractivity contribution in [1.82, 2.24) is 0 Å². The maximum atomic E-state index is 12.4. The summed E-state index contributed by atoms with van der Waals surface area (Å²) in [7, 11) is 0. The second-order valence-electron chi connectivity index (χ2n) is 14.6. The number of ether oxygens (including phenoxy) is 2. The molecule has 0 spiro atoms. The van der Waals surface area contributed by atoms with E-state index in [1.54, 1.807) is 0 Å².